The number of rotatable bonds is 5. The molecule has 1 amide bonds. The van der Waals surface area contributed by atoms with Crippen molar-refractivity contribution in [3.8, 4) is 0 Å². The SMILES string of the molecule is CNC(=O)[C@H]1CCCCN1Cc1ccccc1Cn1cccn1. The van der Waals surface area contributed by atoms with Crippen LogP contribution in [-0.4, -0.2) is 40.2 Å². The van der Waals surface area contributed by atoms with Crippen molar-refractivity contribution in [1.29, 1.82) is 0 Å². The zero-order valence-electron chi connectivity index (χ0n) is 13.6. The number of hydrogen-bond donors (Lipinski definition) is 1. The van der Waals surface area contributed by atoms with E-state index >= 15 is 0 Å². The van der Waals surface area contributed by atoms with Crippen LogP contribution < -0.4 is 5.32 Å². The Morgan fingerprint density at radius 1 is 1.22 bits per heavy atom. The summed E-state index contributed by atoms with van der Waals surface area (Å²) in [5.74, 6) is 0.134. The summed E-state index contributed by atoms with van der Waals surface area (Å²) in [6.45, 7) is 2.56. The van der Waals surface area contributed by atoms with Crippen LogP contribution in [0.2, 0.25) is 0 Å². The molecular formula is C18H24N4O. The highest BCUT2D eigenvalue weighted by Crippen LogP contribution is 2.21. The lowest BCUT2D eigenvalue weighted by atomic mass is 9.99. The van der Waals surface area contributed by atoms with E-state index in [9.17, 15) is 4.79 Å². The van der Waals surface area contributed by atoms with E-state index in [1.165, 1.54) is 11.1 Å². The molecule has 5 nitrogen and oxygen atoms in total. The van der Waals surface area contributed by atoms with E-state index in [0.717, 1.165) is 38.9 Å². The van der Waals surface area contributed by atoms with E-state index in [1.54, 1.807) is 13.2 Å². The number of carbonyl (C=O) groups excluding carboxylic acids is 1. The quantitative estimate of drug-likeness (QED) is 0.919. The largest absolute Gasteiger partial charge is 0.358 e. The van der Waals surface area contributed by atoms with Gasteiger partial charge in [0.05, 0.1) is 12.6 Å². The highest BCUT2D eigenvalue weighted by molar-refractivity contribution is 5.81. The number of piperidine rings is 1. The predicted molar refractivity (Wildman–Crippen MR) is 89.9 cm³/mol. The van der Waals surface area contributed by atoms with Gasteiger partial charge in [0, 0.05) is 26.0 Å². The number of carbonyl (C=O) groups is 1. The second kappa shape index (κ2) is 7.42. The van der Waals surface area contributed by atoms with Crippen LogP contribution in [0.1, 0.15) is 30.4 Å². The lowest BCUT2D eigenvalue weighted by Gasteiger charge is -2.34. The number of likely N-dealkylation sites (N-methyl/N-ethyl adjacent to an activating group) is 1. The first kappa shape index (κ1) is 15.7. The van der Waals surface area contributed by atoms with Gasteiger partial charge in [-0.2, -0.15) is 5.10 Å². The molecule has 0 radical (unpaired) electrons. The van der Waals surface area contributed by atoms with Gasteiger partial charge in [-0.1, -0.05) is 30.7 Å². The third-order valence-corrected chi connectivity index (χ3v) is 4.55. The molecule has 0 unspecified atom stereocenters. The van der Waals surface area contributed by atoms with E-state index in [2.05, 4.69) is 39.6 Å². The summed E-state index contributed by atoms with van der Waals surface area (Å²) in [5.41, 5.74) is 2.54. The molecule has 5 heteroatoms. The summed E-state index contributed by atoms with van der Waals surface area (Å²) in [7, 11) is 1.72. The average Bonchev–Trinajstić information content (AvgIpc) is 3.09. The van der Waals surface area contributed by atoms with Crippen LogP contribution in [0.25, 0.3) is 0 Å². The van der Waals surface area contributed by atoms with Gasteiger partial charge in [0.1, 0.15) is 0 Å². The van der Waals surface area contributed by atoms with Gasteiger partial charge < -0.3 is 5.32 Å². The topological polar surface area (TPSA) is 50.2 Å². The van der Waals surface area contributed by atoms with Gasteiger partial charge in [0.25, 0.3) is 0 Å². The fraction of sp³-hybridized carbons (Fsp3) is 0.444. The van der Waals surface area contributed by atoms with Crippen molar-refractivity contribution in [2.75, 3.05) is 13.6 Å². The summed E-state index contributed by atoms with van der Waals surface area (Å²) in [6.07, 6.45) is 7.01. The number of nitrogens with one attached hydrogen (secondary N) is 1. The van der Waals surface area contributed by atoms with Crippen molar-refractivity contribution in [1.82, 2.24) is 20.0 Å². The third kappa shape index (κ3) is 3.79. The third-order valence-electron chi connectivity index (χ3n) is 4.55. The zero-order valence-corrected chi connectivity index (χ0v) is 13.6. The molecule has 0 bridgehead atoms. The smallest absolute Gasteiger partial charge is 0.237 e. The molecule has 0 aliphatic carbocycles. The molecule has 3 rings (SSSR count). The number of amides is 1. The van der Waals surface area contributed by atoms with Gasteiger partial charge in [0.15, 0.2) is 0 Å². The molecule has 1 aliphatic heterocycles. The Hall–Kier alpha value is -2.14. The fourth-order valence-electron chi connectivity index (χ4n) is 3.30. The standard InChI is InChI=1S/C18H24N4O/c1-19-18(23)17-9-4-5-11-21(17)13-15-7-2-3-8-16(15)14-22-12-6-10-20-22/h2-3,6-8,10,12,17H,4-5,9,11,13-14H2,1H3,(H,19,23)/t17-/m1/s1. The van der Waals surface area contributed by atoms with Gasteiger partial charge in [-0.25, -0.2) is 0 Å². The molecule has 0 saturated carbocycles. The van der Waals surface area contributed by atoms with Gasteiger partial charge in [-0.15, -0.1) is 0 Å². The molecule has 23 heavy (non-hydrogen) atoms. The monoisotopic (exact) mass is 312 g/mol. The van der Waals surface area contributed by atoms with Gasteiger partial charge in [0.2, 0.25) is 5.91 Å². The minimum Gasteiger partial charge on any atom is -0.358 e. The van der Waals surface area contributed by atoms with Crippen LogP contribution in [-0.2, 0) is 17.9 Å². The van der Waals surface area contributed by atoms with Gasteiger partial charge in [-0.05, 0) is 36.6 Å². The number of hydrogen-bond acceptors (Lipinski definition) is 3. The number of nitrogens with zero attached hydrogens (tertiary/aromatic N) is 3. The van der Waals surface area contributed by atoms with E-state index < -0.39 is 0 Å². The first-order chi connectivity index (χ1) is 11.3. The molecule has 1 fully saturated rings. The second-order valence-electron chi connectivity index (χ2n) is 6.07. The summed E-state index contributed by atoms with van der Waals surface area (Å²) in [5, 5.41) is 7.10. The van der Waals surface area contributed by atoms with Gasteiger partial charge >= 0.3 is 0 Å². The van der Waals surface area contributed by atoms with E-state index in [4.69, 9.17) is 0 Å². The van der Waals surface area contributed by atoms with Crippen molar-refractivity contribution in [3.63, 3.8) is 0 Å². The van der Waals surface area contributed by atoms with Crippen LogP contribution >= 0.6 is 0 Å². The Labute approximate surface area is 137 Å². The molecule has 1 atom stereocenters. The highest BCUT2D eigenvalue weighted by atomic mass is 16.2. The Kier molecular flexibility index (Phi) is 5.08. The Bertz CT molecular complexity index is 638. The normalized spacial score (nSPS) is 18.7. The first-order valence-electron chi connectivity index (χ1n) is 8.28. The second-order valence-corrected chi connectivity index (χ2v) is 6.07. The fourth-order valence-corrected chi connectivity index (χ4v) is 3.30. The van der Waals surface area contributed by atoms with Crippen molar-refractivity contribution in [2.45, 2.75) is 38.4 Å². The van der Waals surface area contributed by atoms with Crippen LogP contribution in [0, 0.1) is 0 Å². The molecule has 1 N–H and O–H groups in total. The minimum atomic E-state index is -0.00786. The van der Waals surface area contributed by atoms with Crippen LogP contribution in [0.15, 0.2) is 42.7 Å². The summed E-state index contributed by atoms with van der Waals surface area (Å²) >= 11 is 0. The molecule has 122 valence electrons. The number of aromatic nitrogens is 2. The van der Waals surface area contributed by atoms with E-state index in [-0.39, 0.29) is 11.9 Å². The van der Waals surface area contributed by atoms with Crippen molar-refractivity contribution >= 4 is 5.91 Å². The Balaban J connectivity index is 1.77. The molecule has 1 saturated heterocycles. The predicted octanol–water partition coefficient (Wildman–Crippen LogP) is 2.03. The number of benzene rings is 1. The Morgan fingerprint density at radius 3 is 2.70 bits per heavy atom. The van der Waals surface area contributed by atoms with Crippen molar-refractivity contribution < 1.29 is 4.79 Å². The average molecular weight is 312 g/mol. The molecule has 2 aromatic rings. The van der Waals surface area contributed by atoms with Crippen LogP contribution in [0.5, 0.6) is 0 Å². The zero-order chi connectivity index (χ0) is 16.1. The van der Waals surface area contributed by atoms with Crippen LogP contribution in [0.4, 0.5) is 0 Å². The molecule has 1 aliphatic rings. The minimum absolute atomic E-state index is 0.00786. The summed E-state index contributed by atoms with van der Waals surface area (Å²) in [4.78, 5) is 14.5. The Morgan fingerprint density at radius 2 is 2.00 bits per heavy atom. The molecule has 2 heterocycles. The lowest BCUT2D eigenvalue weighted by molar-refractivity contribution is -0.127. The molecule has 1 aromatic carbocycles. The highest BCUT2D eigenvalue weighted by Gasteiger charge is 2.28. The summed E-state index contributed by atoms with van der Waals surface area (Å²) in [6, 6.07) is 10.4. The lowest BCUT2D eigenvalue weighted by Crippen LogP contribution is -2.48. The van der Waals surface area contributed by atoms with E-state index in [1.807, 2.05) is 16.9 Å². The number of likely N-dealkylation sites (tertiary alicyclic amines) is 1. The maximum atomic E-state index is 12.1. The maximum absolute atomic E-state index is 12.1. The van der Waals surface area contributed by atoms with Crippen molar-refractivity contribution in [3.05, 3.63) is 53.9 Å². The van der Waals surface area contributed by atoms with E-state index in [0.29, 0.717) is 0 Å². The summed E-state index contributed by atoms with van der Waals surface area (Å²) < 4.78 is 1.94. The molecular weight excluding hydrogens is 288 g/mol. The maximum Gasteiger partial charge on any atom is 0.237 e. The van der Waals surface area contributed by atoms with Crippen molar-refractivity contribution in [2.24, 2.45) is 0 Å². The molecule has 1 aromatic heterocycles. The van der Waals surface area contributed by atoms with Crippen LogP contribution in [0.3, 0.4) is 0 Å². The van der Waals surface area contributed by atoms with Gasteiger partial charge in [-0.3, -0.25) is 14.4 Å². The first-order valence-corrected chi connectivity index (χ1v) is 8.28. The molecule has 0 spiro atoms.